The lowest BCUT2D eigenvalue weighted by molar-refractivity contribution is -0.205. The summed E-state index contributed by atoms with van der Waals surface area (Å²) < 4.78 is 31.8. The van der Waals surface area contributed by atoms with Gasteiger partial charge in [0.25, 0.3) is 0 Å². The molecule has 0 spiro atoms. The Bertz CT molecular complexity index is 299. The fourth-order valence-corrected chi connectivity index (χ4v) is 2.19. The summed E-state index contributed by atoms with van der Waals surface area (Å²) in [5.41, 5.74) is 7.08. The van der Waals surface area contributed by atoms with Crippen LogP contribution in [0.15, 0.2) is 11.6 Å². The Balaban J connectivity index is 2.83. The number of nitrogens with two attached hydrogens (primary N) is 1. The quantitative estimate of drug-likeness (QED) is 0.481. The Morgan fingerprint density at radius 3 is 1.95 bits per heavy atom. The monoisotopic (exact) mass is 291 g/mol. The van der Waals surface area contributed by atoms with Crippen molar-refractivity contribution >= 4 is 0 Å². The minimum absolute atomic E-state index is 0.129. The summed E-state index contributed by atoms with van der Waals surface area (Å²) in [5, 5.41) is 0. The second-order valence-electron chi connectivity index (χ2n) is 4.56. The van der Waals surface area contributed by atoms with E-state index in [1.807, 2.05) is 13.0 Å². The summed E-state index contributed by atoms with van der Waals surface area (Å²) in [4.78, 5) is 0. The van der Waals surface area contributed by atoms with Gasteiger partial charge in [0.2, 0.25) is 0 Å². The Morgan fingerprint density at radius 2 is 1.40 bits per heavy atom. The van der Waals surface area contributed by atoms with Crippen molar-refractivity contribution in [3.05, 3.63) is 11.6 Å². The predicted octanol–water partition coefficient (Wildman–Crippen LogP) is 0.241. The molecular formula is C13H25NO6. The maximum Gasteiger partial charge on any atom is 0.147 e. The molecule has 0 aliphatic heterocycles. The van der Waals surface area contributed by atoms with E-state index in [9.17, 15) is 0 Å². The lowest BCUT2D eigenvalue weighted by atomic mass is 9.89. The lowest BCUT2D eigenvalue weighted by Gasteiger charge is -2.39. The van der Waals surface area contributed by atoms with Crippen molar-refractivity contribution in [2.45, 2.75) is 31.3 Å². The predicted molar refractivity (Wildman–Crippen MR) is 72.0 cm³/mol. The smallest absolute Gasteiger partial charge is 0.147 e. The lowest BCUT2D eigenvalue weighted by Crippen LogP contribution is -2.55. The van der Waals surface area contributed by atoms with Crippen molar-refractivity contribution in [3.63, 3.8) is 0 Å². The number of methoxy groups -OCH3 is 3. The van der Waals surface area contributed by atoms with Crippen molar-refractivity contribution < 1.29 is 28.4 Å². The minimum Gasteiger partial charge on any atom is -0.359 e. The molecule has 0 bridgehead atoms. The first kappa shape index (κ1) is 17.5. The summed E-state index contributed by atoms with van der Waals surface area (Å²) in [5.74, 6) is 0. The van der Waals surface area contributed by atoms with E-state index in [4.69, 9.17) is 34.2 Å². The molecule has 0 heterocycles. The highest BCUT2D eigenvalue weighted by Gasteiger charge is 2.40. The molecule has 0 amide bonds. The first-order valence-corrected chi connectivity index (χ1v) is 6.41. The van der Waals surface area contributed by atoms with E-state index in [1.54, 1.807) is 21.3 Å². The third-order valence-corrected chi connectivity index (χ3v) is 3.03. The maximum atomic E-state index is 6.10. The molecule has 4 atom stereocenters. The van der Waals surface area contributed by atoms with Crippen molar-refractivity contribution in [2.75, 3.05) is 41.7 Å². The van der Waals surface area contributed by atoms with Crippen LogP contribution < -0.4 is 5.73 Å². The highest BCUT2D eigenvalue weighted by molar-refractivity contribution is 5.20. The average molecular weight is 291 g/mol. The van der Waals surface area contributed by atoms with Crippen LogP contribution in [0.1, 0.15) is 6.92 Å². The molecule has 0 radical (unpaired) electrons. The van der Waals surface area contributed by atoms with Crippen LogP contribution in [0.5, 0.6) is 0 Å². The van der Waals surface area contributed by atoms with Crippen LogP contribution in [0, 0.1) is 0 Å². The zero-order valence-electron chi connectivity index (χ0n) is 12.5. The van der Waals surface area contributed by atoms with E-state index in [2.05, 4.69) is 0 Å². The highest BCUT2D eigenvalue weighted by Crippen LogP contribution is 2.26. The van der Waals surface area contributed by atoms with Gasteiger partial charge in [0.1, 0.15) is 38.7 Å². The van der Waals surface area contributed by atoms with Crippen molar-refractivity contribution in [2.24, 2.45) is 5.73 Å². The second-order valence-corrected chi connectivity index (χ2v) is 4.56. The molecule has 2 N–H and O–H groups in total. The molecule has 7 nitrogen and oxygen atoms in total. The van der Waals surface area contributed by atoms with Crippen LogP contribution in [-0.4, -0.2) is 66.1 Å². The first-order chi connectivity index (χ1) is 9.65. The van der Waals surface area contributed by atoms with Gasteiger partial charge < -0.3 is 34.2 Å². The van der Waals surface area contributed by atoms with E-state index in [0.717, 1.165) is 5.57 Å². The molecule has 1 rings (SSSR count). The van der Waals surface area contributed by atoms with Gasteiger partial charge in [-0.2, -0.15) is 0 Å². The fourth-order valence-electron chi connectivity index (χ4n) is 2.19. The molecule has 0 saturated carbocycles. The molecule has 20 heavy (non-hydrogen) atoms. The van der Waals surface area contributed by atoms with E-state index in [1.165, 1.54) is 0 Å². The molecule has 118 valence electrons. The van der Waals surface area contributed by atoms with Gasteiger partial charge in [-0.25, -0.2) is 0 Å². The molecule has 0 saturated heterocycles. The fraction of sp³-hybridized carbons (Fsp3) is 0.846. The second kappa shape index (κ2) is 9.41. The van der Waals surface area contributed by atoms with E-state index < -0.39 is 0 Å². The summed E-state index contributed by atoms with van der Waals surface area (Å²) in [6, 6.07) is -0.297. The van der Waals surface area contributed by atoms with Crippen LogP contribution in [-0.2, 0) is 28.4 Å². The van der Waals surface area contributed by atoms with Gasteiger partial charge in [0, 0.05) is 21.3 Å². The normalized spacial score (nSPS) is 30.4. The Hall–Kier alpha value is -0.540. The Morgan fingerprint density at radius 1 is 0.900 bits per heavy atom. The number of rotatable bonds is 9. The zero-order chi connectivity index (χ0) is 15.0. The maximum absolute atomic E-state index is 6.10. The Labute approximate surface area is 119 Å². The summed E-state index contributed by atoms with van der Waals surface area (Å²) in [7, 11) is 4.68. The van der Waals surface area contributed by atoms with Gasteiger partial charge in [0.15, 0.2) is 0 Å². The van der Waals surface area contributed by atoms with Gasteiger partial charge in [-0.3, -0.25) is 0 Å². The molecule has 0 fully saturated rings. The average Bonchev–Trinajstić information content (AvgIpc) is 2.43. The summed E-state index contributed by atoms with van der Waals surface area (Å²) in [6.07, 6.45) is 0.843. The van der Waals surface area contributed by atoms with E-state index >= 15 is 0 Å². The topological polar surface area (TPSA) is 81.4 Å². The number of hydrogen-bond acceptors (Lipinski definition) is 7. The van der Waals surface area contributed by atoms with Crippen molar-refractivity contribution in [1.29, 1.82) is 0 Å². The van der Waals surface area contributed by atoms with Crippen LogP contribution in [0.3, 0.4) is 0 Å². The minimum atomic E-state index is -0.389. The molecule has 7 heteroatoms. The van der Waals surface area contributed by atoms with Crippen molar-refractivity contribution in [1.82, 2.24) is 0 Å². The highest BCUT2D eigenvalue weighted by atomic mass is 16.7. The zero-order valence-corrected chi connectivity index (χ0v) is 12.5. The molecule has 0 aromatic heterocycles. The van der Waals surface area contributed by atoms with E-state index in [-0.39, 0.29) is 44.7 Å². The molecule has 1 aliphatic rings. The standard InChI is InChI=1S/C13H25NO6/c1-9-5-10(14)12(19-7-16-3)13(20-8-17-4)11(9)18-6-15-2/h5,10-13H,6-8,14H2,1-4H3/t10-,11+,12+,13+/m1/s1. The Kier molecular flexibility index (Phi) is 8.24. The molecule has 1 aliphatic carbocycles. The summed E-state index contributed by atoms with van der Waals surface area (Å²) in [6.45, 7) is 2.37. The number of hydrogen-bond donors (Lipinski definition) is 1. The van der Waals surface area contributed by atoms with Gasteiger partial charge in [-0.15, -0.1) is 0 Å². The molecule has 0 unspecified atom stereocenters. The molecule has 0 aromatic carbocycles. The van der Waals surface area contributed by atoms with E-state index in [0.29, 0.717) is 0 Å². The molecular weight excluding hydrogens is 266 g/mol. The van der Waals surface area contributed by atoms with Gasteiger partial charge in [-0.1, -0.05) is 6.08 Å². The van der Waals surface area contributed by atoms with Crippen LogP contribution in [0.25, 0.3) is 0 Å². The summed E-state index contributed by atoms with van der Waals surface area (Å²) >= 11 is 0. The third-order valence-electron chi connectivity index (χ3n) is 3.03. The van der Waals surface area contributed by atoms with Gasteiger partial charge in [0.05, 0.1) is 6.04 Å². The SMILES string of the molecule is COCO[C@@H]1[C@@H](OCOC)[C@@H](OCOC)C(C)=C[C@H]1N. The van der Waals surface area contributed by atoms with Crippen molar-refractivity contribution in [3.8, 4) is 0 Å². The van der Waals surface area contributed by atoms with Gasteiger partial charge >= 0.3 is 0 Å². The van der Waals surface area contributed by atoms with Crippen LogP contribution >= 0.6 is 0 Å². The number of ether oxygens (including phenoxy) is 6. The van der Waals surface area contributed by atoms with Gasteiger partial charge in [-0.05, 0) is 12.5 Å². The molecule has 0 aromatic rings. The first-order valence-electron chi connectivity index (χ1n) is 6.41. The van der Waals surface area contributed by atoms with Crippen LogP contribution in [0.2, 0.25) is 0 Å². The third kappa shape index (κ3) is 4.78. The largest absolute Gasteiger partial charge is 0.359 e. The van der Waals surface area contributed by atoms with Crippen LogP contribution in [0.4, 0.5) is 0 Å².